The maximum atomic E-state index is 12.9. The predicted molar refractivity (Wildman–Crippen MR) is 126 cm³/mol. The van der Waals surface area contributed by atoms with Crippen LogP contribution in [-0.4, -0.2) is 26.6 Å². The molecule has 0 bridgehead atoms. The molecule has 0 aromatic heterocycles. The summed E-state index contributed by atoms with van der Waals surface area (Å²) in [6, 6.07) is 16.9. The number of halogens is 1. The van der Waals surface area contributed by atoms with Gasteiger partial charge in [0.1, 0.15) is 11.4 Å². The van der Waals surface area contributed by atoms with E-state index in [1.54, 1.807) is 75.4 Å². The van der Waals surface area contributed by atoms with Gasteiger partial charge in [-0.05, 0) is 57.2 Å². The van der Waals surface area contributed by atoms with Gasteiger partial charge < -0.3 is 9.47 Å². The van der Waals surface area contributed by atoms with Crippen LogP contribution in [0.3, 0.4) is 0 Å². The van der Waals surface area contributed by atoms with Gasteiger partial charge in [-0.25, -0.2) is 13.2 Å². The molecule has 3 aromatic rings. The second-order valence-corrected chi connectivity index (χ2v) is 10.8. The largest absolute Gasteiger partial charge is 0.481 e. The second-order valence-electron chi connectivity index (χ2n) is 8.48. The average Bonchev–Trinajstić information content (AvgIpc) is 2.97. The first-order chi connectivity index (χ1) is 15.5. The maximum absolute atomic E-state index is 12.9. The first kappa shape index (κ1) is 22.9. The lowest BCUT2D eigenvalue weighted by molar-refractivity contribution is -0.157. The molecule has 33 heavy (non-hydrogen) atoms. The Morgan fingerprint density at radius 3 is 2.42 bits per heavy atom. The first-order valence-corrected chi connectivity index (χ1v) is 12.1. The molecule has 0 atom stereocenters. The van der Waals surface area contributed by atoms with Crippen molar-refractivity contribution in [3.05, 3.63) is 76.8 Å². The van der Waals surface area contributed by atoms with Gasteiger partial charge in [-0.3, -0.25) is 0 Å². The highest BCUT2D eigenvalue weighted by molar-refractivity contribution is 7.92. The van der Waals surface area contributed by atoms with Crippen molar-refractivity contribution in [3.8, 4) is 28.7 Å². The highest BCUT2D eigenvalue weighted by atomic mass is 35.5. The van der Waals surface area contributed by atoms with Gasteiger partial charge in [0.2, 0.25) is 9.84 Å². The lowest BCUT2D eigenvalue weighted by Gasteiger charge is -2.19. The Hall–Kier alpha value is -3.27. The molecule has 7 heteroatoms. The molecule has 0 unspecified atom stereocenters. The van der Waals surface area contributed by atoms with Crippen LogP contribution in [0.2, 0.25) is 5.02 Å². The molecule has 1 aliphatic rings. The van der Waals surface area contributed by atoms with E-state index in [1.165, 1.54) is 0 Å². The number of benzene rings is 3. The molecule has 168 valence electrons. The van der Waals surface area contributed by atoms with Gasteiger partial charge in [0.05, 0.1) is 15.4 Å². The SMILES string of the molecule is CC(C)(C)OC(=O)COc1ccc(Cl)cc1C#Cc1ccc2c(c1)S(=O)(=O)c1ccccc1-2. The minimum absolute atomic E-state index is 0.239. The third-order valence-corrected chi connectivity index (χ3v) is 6.87. The molecule has 5 nitrogen and oxygen atoms in total. The van der Waals surface area contributed by atoms with Crippen molar-refractivity contribution in [2.75, 3.05) is 6.61 Å². The van der Waals surface area contributed by atoms with Gasteiger partial charge in [-0.15, -0.1) is 0 Å². The molecule has 0 N–H and O–H groups in total. The van der Waals surface area contributed by atoms with Crippen molar-refractivity contribution in [2.24, 2.45) is 0 Å². The number of sulfone groups is 1. The molecule has 0 spiro atoms. The third-order valence-electron chi connectivity index (χ3n) is 4.79. The van der Waals surface area contributed by atoms with Crippen LogP contribution >= 0.6 is 11.6 Å². The van der Waals surface area contributed by atoms with Gasteiger partial charge in [-0.2, -0.15) is 0 Å². The molecule has 0 radical (unpaired) electrons. The quantitative estimate of drug-likeness (QED) is 0.295. The number of ether oxygens (including phenoxy) is 2. The van der Waals surface area contributed by atoms with E-state index >= 15 is 0 Å². The Morgan fingerprint density at radius 1 is 0.939 bits per heavy atom. The molecular formula is C26H21ClO5S. The van der Waals surface area contributed by atoms with Crippen molar-refractivity contribution in [1.29, 1.82) is 0 Å². The first-order valence-electron chi connectivity index (χ1n) is 10.2. The topological polar surface area (TPSA) is 69.7 Å². The van der Waals surface area contributed by atoms with Crippen LogP contribution in [0.15, 0.2) is 70.5 Å². The van der Waals surface area contributed by atoms with Crippen LogP contribution < -0.4 is 4.74 Å². The normalized spacial score (nSPS) is 13.3. The lowest BCUT2D eigenvalue weighted by Crippen LogP contribution is -2.27. The Bertz CT molecular complexity index is 1420. The summed E-state index contributed by atoms with van der Waals surface area (Å²) >= 11 is 6.12. The summed E-state index contributed by atoms with van der Waals surface area (Å²) in [6.07, 6.45) is 0. The summed E-state index contributed by atoms with van der Waals surface area (Å²) in [5.74, 6) is 5.83. The van der Waals surface area contributed by atoms with Crippen LogP contribution in [0.25, 0.3) is 11.1 Å². The smallest absolute Gasteiger partial charge is 0.344 e. The fourth-order valence-corrected chi connectivity index (χ4v) is 5.34. The number of esters is 1. The van der Waals surface area contributed by atoms with Crippen LogP contribution in [0.5, 0.6) is 5.75 Å². The van der Waals surface area contributed by atoms with Gasteiger partial charge in [0.15, 0.2) is 6.61 Å². The fourth-order valence-electron chi connectivity index (χ4n) is 3.46. The van der Waals surface area contributed by atoms with Crippen molar-refractivity contribution < 1.29 is 22.7 Å². The van der Waals surface area contributed by atoms with Gasteiger partial charge in [-0.1, -0.05) is 47.7 Å². The van der Waals surface area contributed by atoms with Crippen molar-refractivity contribution in [3.63, 3.8) is 0 Å². The van der Waals surface area contributed by atoms with E-state index in [9.17, 15) is 13.2 Å². The Morgan fingerprint density at radius 2 is 1.67 bits per heavy atom. The van der Waals surface area contributed by atoms with Crippen LogP contribution in [0.1, 0.15) is 31.9 Å². The van der Waals surface area contributed by atoms with Crippen LogP contribution in [0.4, 0.5) is 0 Å². The van der Waals surface area contributed by atoms with E-state index < -0.39 is 21.4 Å². The number of rotatable bonds is 3. The summed E-state index contributed by atoms with van der Waals surface area (Å²) < 4.78 is 36.7. The summed E-state index contributed by atoms with van der Waals surface area (Å²) in [4.78, 5) is 12.5. The Kier molecular flexibility index (Phi) is 5.96. The molecule has 3 aromatic carbocycles. The monoisotopic (exact) mass is 480 g/mol. The van der Waals surface area contributed by atoms with Crippen molar-refractivity contribution >= 4 is 27.4 Å². The second kappa shape index (κ2) is 8.58. The number of fused-ring (bicyclic) bond motifs is 3. The van der Waals surface area contributed by atoms with E-state index in [0.29, 0.717) is 37.9 Å². The van der Waals surface area contributed by atoms with Crippen molar-refractivity contribution in [2.45, 2.75) is 36.2 Å². The predicted octanol–water partition coefficient (Wildman–Crippen LogP) is 5.27. The Labute approximate surface area is 198 Å². The summed E-state index contributed by atoms with van der Waals surface area (Å²) in [6.45, 7) is 5.06. The van der Waals surface area contributed by atoms with E-state index in [0.717, 1.165) is 0 Å². The van der Waals surface area contributed by atoms with Gasteiger partial charge in [0.25, 0.3) is 0 Å². The molecule has 4 rings (SSSR count). The lowest BCUT2D eigenvalue weighted by atomic mass is 10.0. The molecular weight excluding hydrogens is 460 g/mol. The summed E-state index contributed by atoms with van der Waals surface area (Å²) in [5.41, 5.74) is 1.75. The minimum atomic E-state index is -3.58. The van der Waals surface area contributed by atoms with Crippen LogP contribution in [0, 0.1) is 11.8 Å². The van der Waals surface area contributed by atoms with E-state index in [-0.39, 0.29) is 11.5 Å². The zero-order chi connectivity index (χ0) is 23.8. The summed E-state index contributed by atoms with van der Waals surface area (Å²) in [7, 11) is -3.58. The number of hydrogen-bond donors (Lipinski definition) is 0. The van der Waals surface area contributed by atoms with E-state index in [1.807, 2.05) is 6.07 Å². The zero-order valence-electron chi connectivity index (χ0n) is 18.3. The highest BCUT2D eigenvalue weighted by Gasteiger charge is 2.32. The Balaban J connectivity index is 1.62. The highest BCUT2D eigenvalue weighted by Crippen LogP contribution is 2.43. The molecule has 0 saturated heterocycles. The van der Waals surface area contributed by atoms with E-state index in [4.69, 9.17) is 21.1 Å². The molecule has 0 saturated carbocycles. The number of carbonyl (C=O) groups excluding carboxylic acids is 1. The third kappa shape index (κ3) is 4.90. The molecule has 0 aliphatic carbocycles. The molecule has 0 amide bonds. The maximum Gasteiger partial charge on any atom is 0.344 e. The molecule has 1 aliphatic heterocycles. The number of carbonyl (C=O) groups is 1. The number of hydrogen-bond acceptors (Lipinski definition) is 5. The summed E-state index contributed by atoms with van der Waals surface area (Å²) in [5, 5.41) is 0.455. The van der Waals surface area contributed by atoms with Crippen molar-refractivity contribution in [1.82, 2.24) is 0 Å². The zero-order valence-corrected chi connectivity index (χ0v) is 19.9. The van der Waals surface area contributed by atoms with E-state index in [2.05, 4.69) is 11.8 Å². The van der Waals surface area contributed by atoms with Crippen LogP contribution in [-0.2, 0) is 19.4 Å². The molecule has 0 fully saturated rings. The minimum Gasteiger partial charge on any atom is -0.481 e. The standard InChI is InChI=1S/C26H21ClO5S/c1-26(2,3)32-25(28)16-31-22-13-11-19(27)15-18(22)10-8-17-9-12-21-20-6-4-5-7-23(20)33(29,30)24(21)14-17/h4-7,9,11-15H,16H2,1-3H3. The van der Waals surface area contributed by atoms with Gasteiger partial charge in [0, 0.05) is 21.7 Å². The van der Waals surface area contributed by atoms with Gasteiger partial charge >= 0.3 is 5.97 Å². The fraction of sp³-hybridized carbons (Fsp3) is 0.192. The average molecular weight is 481 g/mol. The molecule has 1 heterocycles.